The van der Waals surface area contributed by atoms with Gasteiger partial charge in [-0.15, -0.1) is 5.10 Å². The van der Waals surface area contributed by atoms with Gasteiger partial charge in [0.15, 0.2) is 11.5 Å². The van der Waals surface area contributed by atoms with E-state index in [1.54, 1.807) is 22.9 Å². The van der Waals surface area contributed by atoms with Crippen molar-refractivity contribution in [3.63, 3.8) is 0 Å². The molecule has 0 unspecified atom stereocenters. The van der Waals surface area contributed by atoms with Gasteiger partial charge in [0.2, 0.25) is 11.8 Å². The molecule has 1 heterocycles. The first-order chi connectivity index (χ1) is 19.0. The van der Waals surface area contributed by atoms with Crippen molar-refractivity contribution >= 4 is 28.5 Å². The van der Waals surface area contributed by atoms with Crippen LogP contribution in [0, 0.1) is 0 Å². The zero-order chi connectivity index (χ0) is 29.0. The van der Waals surface area contributed by atoms with Crippen molar-refractivity contribution in [2.24, 2.45) is 0 Å². The quantitative estimate of drug-likeness (QED) is 0.309. The molecule has 0 fully saturated rings. The third-order valence-corrected chi connectivity index (χ3v) is 6.54. The molecule has 1 atom stereocenters. The van der Waals surface area contributed by atoms with Crippen LogP contribution in [0.4, 0.5) is 5.69 Å². The monoisotopic (exact) mass is 543 g/mol. The largest absolute Gasteiger partial charge is 0.493 e. The first-order valence-corrected chi connectivity index (χ1v) is 13.3. The van der Waals surface area contributed by atoms with Crippen molar-refractivity contribution in [2.45, 2.75) is 58.7 Å². The molecular weight excluding hydrogens is 506 g/mol. The Kier molecular flexibility index (Phi) is 8.42. The van der Waals surface area contributed by atoms with E-state index in [1.165, 1.54) is 19.1 Å². The number of hydrogen-bond donors (Lipinski definition) is 1. The Labute approximate surface area is 235 Å². The Bertz CT molecular complexity index is 1490. The lowest BCUT2D eigenvalue weighted by Gasteiger charge is -2.34. The minimum atomic E-state index is -1.07. The molecule has 0 aliphatic rings. The summed E-state index contributed by atoms with van der Waals surface area (Å²) in [5, 5.41) is 11.5. The van der Waals surface area contributed by atoms with Crippen LogP contribution in [0.25, 0.3) is 11.0 Å². The summed E-state index contributed by atoms with van der Waals surface area (Å²) in [6.45, 7) is 9.78. The van der Waals surface area contributed by atoms with Gasteiger partial charge in [-0.25, -0.2) is 4.68 Å². The molecule has 0 spiro atoms. The second-order valence-electron chi connectivity index (χ2n) is 11.0. The summed E-state index contributed by atoms with van der Waals surface area (Å²) in [5.74, 6) is 0.439. The fourth-order valence-corrected chi connectivity index (χ4v) is 4.66. The predicted octanol–water partition coefficient (Wildman–Crippen LogP) is 5.26. The first-order valence-electron chi connectivity index (χ1n) is 13.3. The van der Waals surface area contributed by atoms with Crippen LogP contribution < -0.4 is 19.7 Å². The molecule has 9 nitrogen and oxygen atoms in total. The Morgan fingerprint density at radius 2 is 1.65 bits per heavy atom. The second-order valence-corrected chi connectivity index (χ2v) is 11.0. The smallest absolute Gasteiger partial charge is 0.249 e. The molecule has 2 amide bonds. The van der Waals surface area contributed by atoms with E-state index >= 15 is 0 Å². The van der Waals surface area contributed by atoms with Gasteiger partial charge in [-0.3, -0.25) is 14.5 Å². The fraction of sp³-hybridized carbons (Fsp3) is 0.355. The molecule has 4 rings (SSSR count). The number of nitrogens with zero attached hydrogens (tertiary/aromatic N) is 4. The van der Waals surface area contributed by atoms with Crippen LogP contribution in [0.3, 0.4) is 0 Å². The standard InChI is InChI=1S/C31H37N5O4/c1-20(2)21-15-17-22(18-16-21)36(27(37)19-35-25-13-9-8-12-24(25)33-34-35)28(30(38)32-31(3,4)5)23-11-10-14-26(39-6)29(23)40-7/h8-18,20,28H,19H2,1-7H3,(H,32,38)/t28-/m0/s1. The molecular formula is C31H37N5O4. The topological polar surface area (TPSA) is 98.6 Å². The van der Waals surface area contributed by atoms with Gasteiger partial charge in [-0.2, -0.15) is 0 Å². The maximum absolute atomic E-state index is 14.3. The van der Waals surface area contributed by atoms with Gasteiger partial charge in [0.1, 0.15) is 18.1 Å². The molecule has 4 aromatic rings. The highest BCUT2D eigenvalue weighted by molar-refractivity contribution is 6.02. The van der Waals surface area contributed by atoms with E-state index in [0.29, 0.717) is 34.2 Å². The van der Waals surface area contributed by atoms with Gasteiger partial charge >= 0.3 is 0 Å². The van der Waals surface area contributed by atoms with E-state index in [1.807, 2.05) is 69.3 Å². The van der Waals surface area contributed by atoms with Gasteiger partial charge in [-0.05, 0) is 62.6 Å². The third kappa shape index (κ3) is 6.09. The summed E-state index contributed by atoms with van der Waals surface area (Å²) in [6.07, 6.45) is 0. The minimum absolute atomic E-state index is 0.127. The summed E-state index contributed by atoms with van der Waals surface area (Å²) in [7, 11) is 3.06. The molecule has 1 aromatic heterocycles. The lowest BCUT2D eigenvalue weighted by Crippen LogP contribution is -2.50. The number of nitrogens with one attached hydrogen (secondary N) is 1. The molecule has 0 radical (unpaired) electrons. The molecule has 0 saturated carbocycles. The number of carbonyl (C=O) groups excluding carboxylic acids is 2. The zero-order valence-electron chi connectivity index (χ0n) is 24.1. The van der Waals surface area contributed by atoms with Gasteiger partial charge < -0.3 is 14.8 Å². The summed E-state index contributed by atoms with van der Waals surface area (Å²) in [4.78, 5) is 29.9. The number of anilines is 1. The van der Waals surface area contributed by atoms with Crippen molar-refractivity contribution in [3.8, 4) is 11.5 Å². The molecule has 0 bridgehead atoms. The van der Waals surface area contributed by atoms with Gasteiger partial charge in [0.25, 0.3) is 0 Å². The average Bonchev–Trinajstić information content (AvgIpc) is 3.32. The van der Waals surface area contributed by atoms with E-state index in [2.05, 4.69) is 29.5 Å². The Morgan fingerprint density at radius 3 is 2.27 bits per heavy atom. The number of methoxy groups -OCH3 is 2. The first kappa shape index (κ1) is 28.6. The SMILES string of the molecule is COc1cccc([C@@H](C(=O)NC(C)(C)C)N(C(=O)Cn2nnc3ccccc32)c2ccc(C(C)C)cc2)c1OC. The Hall–Kier alpha value is -4.40. The van der Waals surface area contributed by atoms with E-state index in [9.17, 15) is 9.59 Å². The van der Waals surface area contributed by atoms with E-state index < -0.39 is 11.6 Å². The minimum Gasteiger partial charge on any atom is -0.493 e. The highest BCUT2D eigenvalue weighted by Gasteiger charge is 2.37. The lowest BCUT2D eigenvalue weighted by atomic mass is 9.98. The predicted molar refractivity (Wildman–Crippen MR) is 156 cm³/mol. The summed E-state index contributed by atoms with van der Waals surface area (Å²) in [6, 6.07) is 19.4. The molecule has 9 heteroatoms. The number of benzene rings is 3. The van der Waals surface area contributed by atoms with Crippen LogP contribution in [0.1, 0.15) is 57.7 Å². The zero-order valence-corrected chi connectivity index (χ0v) is 24.1. The summed E-state index contributed by atoms with van der Waals surface area (Å²) < 4.78 is 12.8. The number of amides is 2. The molecule has 0 saturated heterocycles. The van der Waals surface area contributed by atoms with Crippen molar-refractivity contribution in [3.05, 3.63) is 77.9 Å². The van der Waals surface area contributed by atoms with Crippen molar-refractivity contribution < 1.29 is 19.1 Å². The van der Waals surface area contributed by atoms with E-state index in [4.69, 9.17) is 9.47 Å². The molecule has 40 heavy (non-hydrogen) atoms. The van der Waals surface area contributed by atoms with Gasteiger partial charge in [0, 0.05) is 16.8 Å². The number of aromatic nitrogens is 3. The van der Waals surface area contributed by atoms with Crippen LogP contribution in [-0.4, -0.2) is 46.6 Å². The second kappa shape index (κ2) is 11.8. The maximum atomic E-state index is 14.3. The van der Waals surface area contributed by atoms with Crippen molar-refractivity contribution in [2.75, 3.05) is 19.1 Å². The molecule has 210 valence electrons. The van der Waals surface area contributed by atoms with Crippen LogP contribution in [0.2, 0.25) is 0 Å². The average molecular weight is 544 g/mol. The Morgan fingerprint density at radius 1 is 0.950 bits per heavy atom. The fourth-order valence-electron chi connectivity index (χ4n) is 4.66. The van der Waals surface area contributed by atoms with Gasteiger partial charge in [-0.1, -0.05) is 55.5 Å². The third-order valence-electron chi connectivity index (χ3n) is 6.54. The Balaban J connectivity index is 1.90. The van der Waals surface area contributed by atoms with Crippen molar-refractivity contribution in [1.82, 2.24) is 20.3 Å². The molecule has 0 aliphatic carbocycles. The van der Waals surface area contributed by atoms with E-state index in [-0.39, 0.29) is 18.4 Å². The van der Waals surface area contributed by atoms with Crippen molar-refractivity contribution in [1.29, 1.82) is 0 Å². The normalized spacial score (nSPS) is 12.3. The maximum Gasteiger partial charge on any atom is 0.249 e. The van der Waals surface area contributed by atoms with Crippen LogP contribution in [0.5, 0.6) is 11.5 Å². The van der Waals surface area contributed by atoms with Crippen LogP contribution in [0.15, 0.2) is 66.7 Å². The molecule has 1 N–H and O–H groups in total. The number of carbonyl (C=O) groups is 2. The number of para-hydroxylation sites is 2. The number of ether oxygens (including phenoxy) is 2. The van der Waals surface area contributed by atoms with Gasteiger partial charge in [0.05, 0.1) is 19.7 Å². The van der Waals surface area contributed by atoms with E-state index in [0.717, 1.165) is 11.1 Å². The van der Waals surface area contributed by atoms with Crippen LogP contribution >= 0.6 is 0 Å². The summed E-state index contributed by atoms with van der Waals surface area (Å²) >= 11 is 0. The molecule has 0 aliphatic heterocycles. The summed E-state index contributed by atoms with van der Waals surface area (Å²) in [5.41, 5.74) is 3.03. The number of rotatable bonds is 9. The molecule has 3 aromatic carbocycles. The number of hydrogen-bond acceptors (Lipinski definition) is 6. The highest BCUT2D eigenvalue weighted by atomic mass is 16.5. The highest BCUT2D eigenvalue weighted by Crippen LogP contribution is 2.39. The lowest BCUT2D eigenvalue weighted by molar-refractivity contribution is -0.128. The number of fused-ring (bicyclic) bond motifs is 1. The van der Waals surface area contributed by atoms with Crippen LogP contribution in [-0.2, 0) is 16.1 Å².